The Bertz CT molecular complexity index is 388. The fourth-order valence-electron chi connectivity index (χ4n) is 1.20. The Labute approximate surface area is 118 Å². The Morgan fingerprint density at radius 2 is 1.50 bits per heavy atom. The molecule has 0 saturated heterocycles. The number of urea groups is 1. The van der Waals surface area contributed by atoms with Crippen molar-refractivity contribution in [2.45, 2.75) is 24.9 Å². The minimum Gasteiger partial charge on any atom is -0.550 e. The predicted molar refractivity (Wildman–Crippen MR) is 61.9 cm³/mol. The lowest BCUT2D eigenvalue weighted by molar-refractivity contribution is -0.310. The molecule has 0 fully saturated rings. The first-order valence-corrected chi connectivity index (χ1v) is 6.84. The molecule has 0 aliphatic carbocycles. The van der Waals surface area contributed by atoms with Crippen LogP contribution in [-0.2, 0) is 14.4 Å². The monoisotopic (exact) mass is 305 g/mol. The zero-order valence-corrected chi connectivity index (χ0v) is 11.4. The lowest BCUT2D eigenvalue weighted by Gasteiger charge is -2.23. The molecule has 0 spiro atoms. The average molecular weight is 305 g/mol. The molecule has 0 aliphatic heterocycles. The van der Waals surface area contributed by atoms with E-state index in [1.807, 2.05) is 10.6 Å². The molecule has 9 nitrogen and oxygen atoms in total. The van der Waals surface area contributed by atoms with Crippen molar-refractivity contribution in [2.75, 3.05) is 12.0 Å². The number of amides is 2. The van der Waals surface area contributed by atoms with E-state index in [-0.39, 0.29) is 5.75 Å². The number of hydrogen-bond acceptors (Lipinski definition) is 8. The molecule has 0 aliphatic rings. The van der Waals surface area contributed by atoms with E-state index in [2.05, 4.69) is 0 Å². The summed E-state index contributed by atoms with van der Waals surface area (Å²) in [4.78, 5) is 43.0. The lowest BCUT2D eigenvalue weighted by atomic mass is 10.1. The van der Waals surface area contributed by atoms with E-state index in [0.29, 0.717) is 0 Å². The molecular weight excluding hydrogens is 292 g/mol. The van der Waals surface area contributed by atoms with Gasteiger partial charge in [0.2, 0.25) is 0 Å². The van der Waals surface area contributed by atoms with Crippen LogP contribution in [0.5, 0.6) is 0 Å². The van der Waals surface area contributed by atoms with Crippen LogP contribution in [-0.4, -0.2) is 48.0 Å². The second-order valence-electron chi connectivity index (χ2n) is 3.73. The molecule has 2 atom stereocenters. The summed E-state index contributed by atoms with van der Waals surface area (Å²) in [6.07, 6.45) is 0.587. The molecule has 0 rings (SSSR count). The van der Waals surface area contributed by atoms with Gasteiger partial charge in [0, 0.05) is 11.7 Å². The van der Waals surface area contributed by atoms with Gasteiger partial charge >= 0.3 is 6.03 Å². The van der Waals surface area contributed by atoms with Gasteiger partial charge in [-0.3, -0.25) is 0 Å². The maximum atomic E-state index is 11.4. The Balaban J connectivity index is 4.47. The van der Waals surface area contributed by atoms with Gasteiger partial charge in [0.15, 0.2) is 0 Å². The molecule has 0 saturated carbocycles. The highest BCUT2D eigenvalue weighted by Crippen LogP contribution is 1.98. The van der Waals surface area contributed by atoms with E-state index >= 15 is 0 Å². The minimum atomic E-state index is -1.68. The summed E-state index contributed by atoms with van der Waals surface area (Å²) in [6.45, 7) is 0. The minimum absolute atomic E-state index is 0.0325. The molecule has 114 valence electrons. The first kappa shape index (κ1) is 18.0. The Morgan fingerprint density at radius 1 is 1.00 bits per heavy atom. The fraction of sp³-hybridized carbons (Fsp3) is 0.600. The van der Waals surface area contributed by atoms with Crippen molar-refractivity contribution in [1.29, 1.82) is 0 Å². The summed E-state index contributed by atoms with van der Waals surface area (Å²) in [5, 5.41) is 35.5. The average Bonchev–Trinajstić information content (AvgIpc) is 2.33. The number of aliphatic carboxylic acids is 3. The molecule has 2 N–H and O–H groups in total. The van der Waals surface area contributed by atoms with E-state index < -0.39 is 48.9 Å². The lowest BCUT2D eigenvalue weighted by Crippen LogP contribution is -2.56. The van der Waals surface area contributed by atoms with E-state index in [4.69, 9.17) is 0 Å². The van der Waals surface area contributed by atoms with Crippen molar-refractivity contribution >= 4 is 35.7 Å². The van der Waals surface area contributed by atoms with Gasteiger partial charge in [-0.1, -0.05) is 0 Å². The molecule has 10 heteroatoms. The van der Waals surface area contributed by atoms with Gasteiger partial charge in [0.1, 0.15) is 0 Å². The van der Waals surface area contributed by atoms with Crippen molar-refractivity contribution in [1.82, 2.24) is 10.6 Å². The topological polar surface area (TPSA) is 162 Å². The van der Waals surface area contributed by atoms with Crippen LogP contribution in [0.25, 0.3) is 0 Å². The highest BCUT2D eigenvalue weighted by atomic mass is 32.2. The van der Waals surface area contributed by atoms with Gasteiger partial charge in [-0.25, -0.2) is 4.79 Å². The van der Waals surface area contributed by atoms with Crippen LogP contribution in [0.3, 0.4) is 0 Å². The van der Waals surface area contributed by atoms with Gasteiger partial charge < -0.3 is 40.3 Å². The molecular formula is C10H13N2O7S-3. The van der Waals surface area contributed by atoms with Crippen molar-refractivity contribution < 1.29 is 34.5 Å². The standard InChI is InChI=1S/C10H16N2O7S/c1-20-4-6(9(17)18)12-10(19)11-5(8(15)16)2-3-7(13)14/h5-6H,2-4H2,1H3,(H,13,14)(H,15,16)(H,17,18)(H2,11,12,19)/p-3/t5-,6-/m0/s1. The van der Waals surface area contributed by atoms with Gasteiger partial charge in [-0.05, 0) is 19.1 Å². The SMILES string of the molecule is CSC[C@H](NC(=O)N[C@@H](CCC(=O)[O-])C(=O)[O-])C(=O)[O-]. The highest BCUT2D eigenvalue weighted by molar-refractivity contribution is 7.98. The smallest absolute Gasteiger partial charge is 0.315 e. The highest BCUT2D eigenvalue weighted by Gasteiger charge is 2.17. The number of carbonyl (C=O) groups excluding carboxylic acids is 4. The molecule has 0 heterocycles. The van der Waals surface area contributed by atoms with Gasteiger partial charge in [-0.2, -0.15) is 11.8 Å². The van der Waals surface area contributed by atoms with Gasteiger partial charge in [0.25, 0.3) is 0 Å². The molecule has 0 radical (unpaired) electrons. The number of carboxylic acid groups (broad SMARTS) is 3. The van der Waals surface area contributed by atoms with Gasteiger partial charge in [0.05, 0.1) is 24.0 Å². The van der Waals surface area contributed by atoms with Crippen molar-refractivity contribution in [2.24, 2.45) is 0 Å². The molecule has 20 heavy (non-hydrogen) atoms. The summed E-state index contributed by atoms with van der Waals surface area (Å²) in [6, 6.07) is -3.93. The van der Waals surface area contributed by atoms with Crippen LogP contribution in [0.15, 0.2) is 0 Å². The molecule has 0 aromatic heterocycles. The van der Waals surface area contributed by atoms with E-state index in [9.17, 15) is 34.5 Å². The molecule has 0 aromatic rings. The maximum absolute atomic E-state index is 11.4. The summed E-state index contributed by atoms with van der Waals surface area (Å²) in [5.74, 6) is -4.65. The van der Waals surface area contributed by atoms with Crippen LogP contribution in [0.2, 0.25) is 0 Å². The largest absolute Gasteiger partial charge is 0.550 e. The van der Waals surface area contributed by atoms with Crippen LogP contribution < -0.4 is 26.0 Å². The van der Waals surface area contributed by atoms with Crippen molar-refractivity contribution in [3.8, 4) is 0 Å². The summed E-state index contributed by atoms with van der Waals surface area (Å²) < 4.78 is 0. The number of hydrogen-bond donors (Lipinski definition) is 2. The number of nitrogens with one attached hydrogen (secondary N) is 2. The van der Waals surface area contributed by atoms with E-state index in [1.165, 1.54) is 0 Å². The quantitative estimate of drug-likeness (QED) is 0.430. The van der Waals surface area contributed by atoms with Crippen LogP contribution >= 0.6 is 11.8 Å². The number of rotatable bonds is 9. The van der Waals surface area contributed by atoms with Crippen molar-refractivity contribution in [3.05, 3.63) is 0 Å². The van der Waals surface area contributed by atoms with Crippen LogP contribution in [0, 0.1) is 0 Å². The Morgan fingerprint density at radius 3 is 1.90 bits per heavy atom. The Kier molecular flexibility index (Phi) is 8.13. The number of thioether (sulfide) groups is 1. The maximum Gasteiger partial charge on any atom is 0.315 e. The fourth-order valence-corrected chi connectivity index (χ4v) is 1.76. The van der Waals surface area contributed by atoms with E-state index in [1.54, 1.807) is 6.26 Å². The van der Waals surface area contributed by atoms with Crippen molar-refractivity contribution in [3.63, 3.8) is 0 Å². The molecule has 0 bridgehead atoms. The predicted octanol–water partition coefficient (Wildman–Crippen LogP) is -4.58. The summed E-state index contributed by atoms with van der Waals surface area (Å²) in [7, 11) is 0. The summed E-state index contributed by atoms with van der Waals surface area (Å²) in [5.41, 5.74) is 0. The number of carbonyl (C=O) groups is 4. The zero-order valence-electron chi connectivity index (χ0n) is 10.5. The third-order valence-electron chi connectivity index (χ3n) is 2.15. The molecule has 2 amide bonds. The van der Waals surface area contributed by atoms with Crippen LogP contribution in [0.4, 0.5) is 4.79 Å². The Hall–Kier alpha value is -1.97. The molecule has 0 aromatic carbocycles. The summed E-state index contributed by atoms with van der Waals surface area (Å²) >= 11 is 1.14. The van der Waals surface area contributed by atoms with E-state index in [0.717, 1.165) is 11.8 Å². The van der Waals surface area contributed by atoms with Crippen LogP contribution in [0.1, 0.15) is 12.8 Å². The second-order valence-corrected chi connectivity index (χ2v) is 4.64. The third kappa shape index (κ3) is 7.46. The number of carboxylic acids is 3. The molecule has 0 unspecified atom stereocenters. The second kappa shape index (κ2) is 9.02. The first-order valence-electron chi connectivity index (χ1n) is 5.45. The third-order valence-corrected chi connectivity index (χ3v) is 2.82. The zero-order chi connectivity index (χ0) is 15.7. The first-order chi connectivity index (χ1) is 9.27. The normalized spacial score (nSPS) is 13.1. The van der Waals surface area contributed by atoms with Gasteiger partial charge in [-0.15, -0.1) is 0 Å².